The van der Waals surface area contributed by atoms with Crippen molar-refractivity contribution in [1.82, 2.24) is 4.57 Å². The minimum absolute atomic E-state index is 0.0103. The van der Waals surface area contributed by atoms with E-state index in [1.165, 1.54) is 13.2 Å². The van der Waals surface area contributed by atoms with Gasteiger partial charge in [0, 0.05) is 40.4 Å². The number of hydrogen-bond acceptors (Lipinski definition) is 3. The Morgan fingerprint density at radius 1 is 1.00 bits per heavy atom. The number of carbonyl (C=O) groups excluding carboxylic acids is 2. The lowest BCUT2D eigenvalue weighted by Gasteiger charge is -2.05. The van der Waals surface area contributed by atoms with Crippen LogP contribution in [-0.2, 0) is 16.0 Å². The molecule has 4 nitrogen and oxygen atoms in total. The predicted octanol–water partition coefficient (Wildman–Crippen LogP) is 5.90. The normalized spacial score (nSPS) is 11.2. The molecule has 31 heavy (non-hydrogen) atoms. The molecule has 1 aromatic heterocycles. The van der Waals surface area contributed by atoms with Crippen molar-refractivity contribution in [3.8, 4) is 5.69 Å². The van der Waals surface area contributed by atoms with Crippen molar-refractivity contribution in [2.75, 3.05) is 7.11 Å². The van der Waals surface area contributed by atoms with Gasteiger partial charge in [-0.3, -0.25) is 4.79 Å². The van der Waals surface area contributed by atoms with Crippen LogP contribution in [0.3, 0.4) is 0 Å². The molecule has 3 aromatic carbocycles. The smallest absolute Gasteiger partial charge is 0.330 e. The second kappa shape index (κ2) is 9.02. The largest absolute Gasteiger partial charge is 0.466 e. The fourth-order valence-corrected chi connectivity index (χ4v) is 3.62. The van der Waals surface area contributed by atoms with Crippen molar-refractivity contribution < 1.29 is 14.3 Å². The number of nitrogens with zero attached hydrogens (tertiary/aromatic N) is 1. The molecule has 0 aliphatic heterocycles. The summed E-state index contributed by atoms with van der Waals surface area (Å²) in [5.74, 6) is -0.419. The zero-order chi connectivity index (χ0) is 21.8. The number of halogens is 1. The van der Waals surface area contributed by atoms with Gasteiger partial charge in [0.1, 0.15) is 0 Å². The number of para-hydroxylation sites is 1. The van der Waals surface area contributed by atoms with E-state index in [1.54, 1.807) is 18.2 Å². The van der Waals surface area contributed by atoms with Crippen LogP contribution in [0.25, 0.3) is 22.7 Å². The van der Waals surface area contributed by atoms with Gasteiger partial charge in [-0.2, -0.15) is 0 Å². The van der Waals surface area contributed by atoms with Crippen molar-refractivity contribution in [3.05, 3.63) is 107 Å². The van der Waals surface area contributed by atoms with Gasteiger partial charge < -0.3 is 9.30 Å². The molecule has 0 amide bonds. The monoisotopic (exact) mass is 429 g/mol. The molecule has 0 saturated heterocycles. The number of ketones is 1. The number of ether oxygens (including phenoxy) is 1. The van der Waals surface area contributed by atoms with E-state index in [4.69, 9.17) is 11.6 Å². The van der Waals surface area contributed by atoms with Crippen molar-refractivity contribution >= 4 is 40.3 Å². The summed E-state index contributed by atoms with van der Waals surface area (Å²) in [6, 6.07) is 23.0. The van der Waals surface area contributed by atoms with Crippen LogP contribution in [-0.4, -0.2) is 23.4 Å². The SMILES string of the molecule is COC(=O)/C=C/c1ccc2c(c1)c(C(=O)Cc1ccc(Cl)cc1)cn2-c1ccccc1. The first-order valence-corrected chi connectivity index (χ1v) is 10.2. The van der Waals surface area contributed by atoms with Crippen molar-refractivity contribution in [1.29, 1.82) is 0 Å². The molecule has 5 heteroatoms. The zero-order valence-electron chi connectivity index (χ0n) is 16.9. The van der Waals surface area contributed by atoms with Crippen LogP contribution in [0, 0.1) is 0 Å². The highest BCUT2D eigenvalue weighted by molar-refractivity contribution is 6.30. The van der Waals surface area contributed by atoms with Crippen LogP contribution >= 0.6 is 11.6 Å². The number of aromatic nitrogens is 1. The maximum atomic E-state index is 13.2. The summed E-state index contributed by atoms with van der Waals surface area (Å²) >= 11 is 5.97. The second-order valence-electron chi connectivity index (χ2n) is 7.11. The Morgan fingerprint density at radius 2 is 1.74 bits per heavy atom. The molecule has 0 radical (unpaired) electrons. The quantitative estimate of drug-likeness (QED) is 0.218. The minimum Gasteiger partial charge on any atom is -0.466 e. The Hall–Kier alpha value is -3.63. The first-order valence-electron chi connectivity index (χ1n) is 9.79. The summed E-state index contributed by atoms with van der Waals surface area (Å²) < 4.78 is 6.68. The van der Waals surface area contributed by atoms with Gasteiger partial charge in [0.05, 0.1) is 12.6 Å². The minimum atomic E-state index is -0.430. The summed E-state index contributed by atoms with van der Waals surface area (Å²) in [5, 5.41) is 1.47. The Bertz CT molecular complexity index is 1270. The standard InChI is InChI=1S/C26H20ClNO3/c1-31-26(30)14-10-18-9-13-24-22(15-18)23(17-28(24)21-5-3-2-4-6-21)25(29)16-19-7-11-20(27)12-8-19/h2-15,17H,16H2,1H3/b14-10+. The number of fused-ring (bicyclic) bond motifs is 1. The number of Topliss-reactive ketones (excluding diaryl/α,β-unsaturated/α-hetero) is 1. The molecule has 0 unspecified atom stereocenters. The number of carbonyl (C=O) groups is 2. The van der Waals surface area contributed by atoms with Gasteiger partial charge in [-0.25, -0.2) is 4.79 Å². The second-order valence-corrected chi connectivity index (χ2v) is 7.54. The van der Waals surface area contributed by atoms with Gasteiger partial charge in [-0.15, -0.1) is 0 Å². The summed E-state index contributed by atoms with van der Waals surface area (Å²) in [4.78, 5) is 24.7. The first-order chi connectivity index (χ1) is 15.0. The van der Waals surface area contributed by atoms with Crippen LogP contribution < -0.4 is 0 Å². The third-order valence-electron chi connectivity index (χ3n) is 5.05. The Morgan fingerprint density at radius 3 is 2.45 bits per heavy atom. The van der Waals surface area contributed by atoms with Crippen LogP contribution in [0.4, 0.5) is 0 Å². The number of rotatable bonds is 6. The molecule has 1 heterocycles. The van der Waals surface area contributed by atoms with Gasteiger partial charge in [0.2, 0.25) is 0 Å². The zero-order valence-corrected chi connectivity index (χ0v) is 17.7. The fraction of sp³-hybridized carbons (Fsp3) is 0.0769. The van der Waals surface area contributed by atoms with Crippen LogP contribution in [0.5, 0.6) is 0 Å². The van der Waals surface area contributed by atoms with E-state index >= 15 is 0 Å². The number of methoxy groups -OCH3 is 1. The molecular weight excluding hydrogens is 410 g/mol. The first kappa shape index (κ1) is 20.6. The molecule has 4 aromatic rings. The molecular formula is C26H20ClNO3. The molecule has 0 aliphatic carbocycles. The van der Waals surface area contributed by atoms with Gasteiger partial charge in [-0.1, -0.05) is 48.0 Å². The predicted molar refractivity (Wildman–Crippen MR) is 124 cm³/mol. The molecule has 0 aliphatic rings. The molecule has 0 saturated carbocycles. The summed E-state index contributed by atoms with van der Waals surface area (Å²) in [7, 11) is 1.34. The topological polar surface area (TPSA) is 48.3 Å². The van der Waals surface area contributed by atoms with Crippen molar-refractivity contribution in [3.63, 3.8) is 0 Å². The van der Waals surface area contributed by atoms with Gasteiger partial charge in [0.25, 0.3) is 0 Å². The lowest BCUT2D eigenvalue weighted by molar-refractivity contribution is -0.134. The molecule has 0 fully saturated rings. The lowest BCUT2D eigenvalue weighted by atomic mass is 10.0. The Labute approximate surface area is 185 Å². The average Bonchev–Trinajstić information content (AvgIpc) is 3.18. The maximum absolute atomic E-state index is 13.2. The van der Waals surface area contributed by atoms with Gasteiger partial charge >= 0.3 is 5.97 Å². The fourth-order valence-electron chi connectivity index (χ4n) is 3.49. The number of benzene rings is 3. The third kappa shape index (κ3) is 4.60. The molecule has 154 valence electrons. The van der Waals surface area contributed by atoms with Gasteiger partial charge in [0.15, 0.2) is 5.78 Å². The van der Waals surface area contributed by atoms with Crippen molar-refractivity contribution in [2.45, 2.75) is 6.42 Å². The van der Waals surface area contributed by atoms with Crippen LogP contribution in [0.2, 0.25) is 5.02 Å². The maximum Gasteiger partial charge on any atom is 0.330 e. The average molecular weight is 430 g/mol. The van der Waals surface area contributed by atoms with E-state index in [-0.39, 0.29) is 12.2 Å². The third-order valence-corrected chi connectivity index (χ3v) is 5.31. The van der Waals surface area contributed by atoms with Crippen LogP contribution in [0.15, 0.2) is 85.1 Å². The van der Waals surface area contributed by atoms with E-state index < -0.39 is 5.97 Å². The molecule has 0 spiro atoms. The summed E-state index contributed by atoms with van der Waals surface area (Å²) in [5.41, 5.74) is 4.22. The van der Waals surface area contributed by atoms with E-state index in [1.807, 2.05) is 71.4 Å². The van der Waals surface area contributed by atoms with E-state index in [0.717, 1.165) is 27.7 Å². The highest BCUT2D eigenvalue weighted by Gasteiger charge is 2.17. The van der Waals surface area contributed by atoms with Gasteiger partial charge in [-0.05, 0) is 53.6 Å². The summed E-state index contributed by atoms with van der Waals surface area (Å²) in [6.07, 6.45) is 5.20. The summed E-state index contributed by atoms with van der Waals surface area (Å²) in [6.45, 7) is 0. The molecule has 0 N–H and O–H groups in total. The van der Waals surface area contributed by atoms with E-state index in [2.05, 4.69) is 4.74 Å². The van der Waals surface area contributed by atoms with Crippen LogP contribution in [0.1, 0.15) is 21.5 Å². The Kier molecular flexibility index (Phi) is 6.01. The van der Waals surface area contributed by atoms with Crippen molar-refractivity contribution in [2.24, 2.45) is 0 Å². The lowest BCUT2D eigenvalue weighted by Crippen LogP contribution is -2.03. The number of esters is 1. The van der Waals surface area contributed by atoms with E-state index in [9.17, 15) is 9.59 Å². The molecule has 0 atom stereocenters. The highest BCUT2D eigenvalue weighted by atomic mass is 35.5. The molecule has 4 rings (SSSR count). The number of hydrogen-bond donors (Lipinski definition) is 0. The van der Waals surface area contributed by atoms with E-state index in [0.29, 0.717) is 10.6 Å². The molecule has 0 bridgehead atoms. The Balaban J connectivity index is 1.79. The highest BCUT2D eigenvalue weighted by Crippen LogP contribution is 2.28.